The molecule has 0 unspecified atom stereocenters. The van der Waals surface area contributed by atoms with Gasteiger partial charge < -0.3 is 5.32 Å². The lowest BCUT2D eigenvalue weighted by atomic mass is 10.1. The molecule has 0 aliphatic heterocycles. The predicted octanol–water partition coefficient (Wildman–Crippen LogP) is 2.45. The minimum Gasteiger partial charge on any atom is -0.369 e. The van der Waals surface area contributed by atoms with Crippen LogP contribution in [0.15, 0.2) is 17.0 Å². The minimum atomic E-state index is 0.511. The van der Waals surface area contributed by atoms with Crippen molar-refractivity contribution in [2.45, 2.75) is 19.8 Å². The summed E-state index contributed by atoms with van der Waals surface area (Å²) in [5, 5.41) is 3.31. The maximum atomic E-state index is 4.12. The maximum absolute atomic E-state index is 4.12. The Labute approximate surface area is 86.1 Å². The first-order chi connectivity index (χ1) is 6.18. The van der Waals surface area contributed by atoms with Crippen molar-refractivity contribution < 1.29 is 0 Å². The summed E-state index contributed by atoms with van der Waals surface area (Å²) in [4.78, 5) is 8.08. The van der Waals surface area contributed by atoms with Crippen LogP contribution in [0.3, 0.4) is 0 Å². The van der Waals surface area contributed by atoms with E-state index in [1.54, 1.807) is 6.33 Å². The second kappa shape index (κ2) is 3.25. The molecule has 0 aromatic carbocycles. The fourth-order valence-electron chi connectivity index (χ4n) is 1.12. The van der Waals surface area contributed by atoms with Gasteiger partial charge in [-0.15, -0.1) is 0 Å². The summed E-state index contributed by atoms with van der Waals surface area (Å²) < 4.78 is 0.825. The second-order valence-electron chi connectivity index (χ2n) is 3.89. The molecule has 0 amide bonds. The summed E-state index contributed by atoms with van der Waals surface area (Å²) in [7, 11) is 0. The van der Waals surface area contributed by atoms with Gasteiger partial charge in [0.2, 0.25) is 0 Å². The molecule has 1 N–H and O–H groups in total. The molecule has 0 spiro atoms. The molecule has 1 fully saturated rings. The van der Waals surface area contributed by atoms with Gasteiger partial charge in [0.25, 0.3) is 0 Å². The molecular formula is C9H12BrN3. The highest BCUT2D eigenvalue weighted by atomic mass is 79.9. The Morgan fingerprint density at radius 3 is 2.92 bits per heavy atom. The molecule has 1 aliphatic rings. The van der Waals surface area contributed by atoms with E-state index in [4.69, 9.17) is 0 Å². The van der Waals surface area contributed by atoms with Crippen molar-refractivity contribution in [2.75, 3.05) is 11.9 Å². The first-order valence-corrected chi connectivity index (χ1v) is 5.19. The monoisotopic (exact) mass is 241 g/mol. The van der Waals surface area contributed by atoms with Crippen LogP contribution < -0.4 is 5.32 Å². The third-order valence-electron chi connectivity index (χ3n) is 2.43. The first kappa shape index (κ1) is 8.94. The van der Waals surface area contributed by atoms with Crippen LogP contribution in [0.4, 0.5) is 5.82 Å². The Hall–Kier alpha value is -0.640. The average molecular weight is 242 g/mol. The van der Waals surface area contributed by atoms with Crippen LogP contribution in [0.25, 0.3) is 0 Å². The van der Waals surface area contributed by atoms with Gasteiger partial charge in [0.05, 0.1) is 0 Å². The summed E-state index contributed by atoms with van der Waals surface area (Å²) in [6, 6.07) is 1.89. The van der Waals surface area contributed by atoms with Crippen LogP contribution in [0.2, 0.25) is 0 Å². The van der Waals surface area contributed by atoms with Gasteiger partial charge in [0.1, 0.15) is 16.7 Å². The Morgan fingerprint density at radius 1 is 1.54 bits per heavy atom. The van der Waals surface area contributed by atoms with Crippen molar-refractivity contribution in [3.05, 3.63) is 17.0 Å². The van der Waals surface area contributed by atoms with E-state index in [1.165, 1.54) is 12.8 Å². The fraction of sp³-hybridized carbons (Fsp3) is 0.556. The zero-order valence-corrected chi connectivity index (χ0v) is 9.13. The smallest absolute Gasteiger partial charge is 0.130 e. The quantitative estimate of drug-likeness (QED) is 0.827. The van der Waals surface area contributed by atoms with Crippen LogP contribution in [-0.4, -0.2) is 16.5 Å². The molecular weight excluding hydrogens is 230 g/mol. The lowest BCUT2D eigenvalue weighted by Crippen LogP contribution is -2.12. The van der Waals surface area contributed by atoms with Crippen molar-refractivity contribution in [3.63, 3.8) is 0 Å². The van der Waals surface area contributed by atoms with E-state index in [0.29, 0.717) is 5.41 Å². The van der Waals surface area contributed by atoms with Crippen LogP contribution in [0, 0.1) is 5.41 Å². The molecule has 3 nitrogen and oxygen atoms in total. The van der Waals surface area contributed by atoms with Gasteiger partial charge in [-0.25, -0.2) is 9.97 Å². The first-order valence-electron chi connectivity index (χ1n) is 4.39. The zero-order chi connectivity index (χ0) is 9.31. The Morgan fingerprint density at radius 2 is 2.31 bits per heavy atom. The number of anilines is 1. The highest BCUT2D eigenvalue weighted by Gasteiger charge is 2.36. The molecule has 0 bridgehead atoms. The summed E-state index contributed by atoms with van der Waals surface area (Å²) >= 11 is 3.31. The van der Waals surface area contributed by atoms with Crippen molar-refractivity contribution in [1.29, 1.82) is 0 Å². The molecule has 2 rings (SSSR count). The fourth-order valence-corrected chi connectivity index (χ4v) is 1.43. The molecule has 1 heterocycles. The van der Waals surface area contributed by atoms with Gasteiger partial charge in [-0.2, -0.15) is 0 Å². The van der Waals surface area contributed by atoms with E-state index in [-0.39, 0.29) is 0 Å². The molecule has 1 aromatic rings. The SMILES string of the molecule is CC1(CNc2cc(Br)ncn2)CC1. The highest BCUT2D eigenvalue weighted by molar-refractivity contribution is 9.10. The number of rotatable bonds is 3. The zero-order valence-electron chi connectivity index (χ0n) is 7.55. The highest BCUT2D eigenvalue weighted by Crippen LogP contribution is 2.44. The van der Waals surface area contributed by atoms with Gasteiger partial charge >= 0.3 is 0 Å². The second-order valence-corrected chi connectivity index (χ2v) is 4.70. The molecule has 4 heteroatoms. The topological polar surface area (TPSA) is 37.8 Å². The Balaban J connectivity index is 1.94. The maximum Gasteiger partial charge on any atom is 0.130 e. The van der Waals surface area contributed by atoms with E-state index in [0.717, 1.165) is 17.0 Å². The summed E-state index contributed by atoms with van der Waals surface area (Å²) in [5.41, 5.74) is 0.511. The summed E-state index contributed by atoms with van der Waals surface area (Å²) in [6.07, 6.45) is 4.21. The Kier molecular flexibility index (Phi) is 2.24. The van der Waals surface area contributed by atoms with E-state index in [1.807, 2.05) is 6.07 Å². The molecule has 70 valence electrons. The average Bonchev–Trinajstić information content (AvgIpc) is 2.82. The van der Waals surface area contributed by atoms with Crippen LogP contribution in [0.1, 0.15) is 19.8 Å². The molecule has 0 atom stereocenters. The van der Waals surface area contributed by atoms with Crippen molar-refractivity contribution in [2.24, 2.45) is 5.41 Å². The van der Waals surface area contributed by atoms with Crippen molar-refractivity contribution >= 4 is 21.7 Å². The minimum absolute atomic E-state index is 0.511. The number of nitrogens with one attached hydrogen (secondary N) is 1. The molecule has 1 saturated carbocycles. The standard InChI is InChI=1S/C9H12BrN3/c1-9(2-3-9)5-11-8-4-7(10)12-6-13-8/h4,6H,2-3,5H2,1H3,(H,11,12,13). The van der Waals surface area contributed by atoms with Crippen LogP contribution in [-0.2, 0) is 0 Å². The number of nitrogens with zero attached hydrogens (tertiary/aromatic N) is 2. The van der Waals surface area contributed by atoms with Crippen LogP contribution >= 0.6 is 15.9 Å². The molecule has 1 aromatic heterocycles. The Bertz CT molecular complexity index is 309. The van der Waals surface area contributed by atoms with Crippen molar-refractivity contribution in [3.8, 4) is 0 Å². The van der Waals surface area contributed by atoms with Gasteiger partial charge in [0.15, 0.2) is 0 Å². The number of hydrogen-bond acceptors (Lipinski definition) is 3. The third-order valence-corrected chi connectivity index (χ3v) is 2.87. The lowest BCUT2D eigenvalue weighted by Gasteiger charge is -2.09. The van der Waals surface area contributed by atoms with E-state index >= 15 is 0 Å². The molecule has 1 aliphatic carbocycles. The number of halogens is 1. The van der Waals surface area contributed by atoms with E-state index in [9.17, 15) is 0 Å². The number of hydrogen-bond donors (Lipinski definition) is 1. The van der Waals surface area contributed by atoms with Crippen LogP contribution in [0.5, 0.6) is 0 Å². The third kappa shape index (κ3) is 2.40. The van der Waals surface area contributed by atoms with Gasteiger partial charge in [-0.05, 0) is 34.2 Å². The van der Waals surface area contributed by atoms with Gasteiger partial charge in [-0.3, -0.25) is 0 Å². The summed E-state index contributed by atoms with van der Waals surface area (Å²) in [6.45, 7) is 3.30. The molecule has 13 heavy (non-hydrogen) atoms. The normalized spacial score (nSPS) is 18.3. The predicted molar refractivity (Wildman–Crippen MR) is 55.6 cm³/mol. The number of aromatic nitrogens is 2. The lowest BCUT2D eigenvalue weighted by molar-refractivity contribution is 0.609. The largest absolute Gasteiger partial charge is 0.369 e. The summed E-state index contributed by atoms with van der Waals surface area (Å²) in [5.74, 6) is 0.898. The molecule has 0 radical (unpaired) electrons. The van der Waals surface area contributed by atoms with Gasteiger partial charge in [-0.1, -0.05) is 6.92 Å². The van der Waals surface area contributed by atoms with Crippen molar-refractivity contribution in [1.82, 2.24) is 9.97 Å². The van der Waals surface area contributed by atoms with Gasteiger partial charge in [0, 0.05) is 12.6 Å². The van der Waals surface area contributed by atoms with E-state index in [2.05, 4.69) is 38.1 Å². The molecule has 0 saturated heterocycles. The van der Waals surface area contributed by atoms with E-state index < -0.39 is 0 Å².